The van der Waals surface area contributed by atoms with Crippen molar-refractivity contribution in [3.05, 3.63) is 29.7 Å². The zero-order valence-corrected chi connectivity index (χ0v) is 14.0. The number of hydrogen-bond acceptors (Lipinski definition) is 5. The van der Waals surface area contributed by atoms with E-state index < -0.39 is 11.7 Å². The van der Waals surface area contributed by atoms with Crippen molar-refractivity contribution in [1.82, 2.24) is 25.3 Å². The van der Waals surface area contributed by atoms with Crippen LogP contribution in [0.1, 0.15) is 38.8 Å². The van der Waals surface area contributed by atoms with Crippen LogP contribution in [0, 0.1) is 0 Å². The highest BCUT2D eigenvalue weighted by Gasteiger charge is 2.17. The number of nitrogens with zero attached hydrogens (tertiary/aromatic N) is 3. The van der Waals surface area contributed by atoms with Crippen LogP contribution in [0.2, 0.25) is 0 Å². The highest BCUT2D eigenvalue weighted by molar-refractivity contribution is 5.84. The Kier molecular flexibility index (Phi) is 5.38. The zero-order chi connectivity index (χ0) is 16.9. The summed E-state index contributed by atoms with van der Waals surface area (Å²) in [5, 5.41) is 16.9. The fourth-order valence-corrected chi connectivity index (χ4v) is 1.97. The number of aromatic nitrogens is 4. The predicted molar refractivity (Wildman–Crippen MR) is 86.9 cm³/mol. The molecule has 0 saturated heterocycles. The lowest BCUT2D eigenvalue weighted by Crippen LogP contribution is -2.27. The Morgan fingerprint density at radius 3 is 2.78 bits per heavy atom. The fourth-order valence-electron chi connectivity index (χ4n) is 1.97. The third-order valence-corrected chi connectivity index (χ3v) is 3.00. The summed E-state index contributed by atoms with van der Waals surface area (Å²) in [6, 6.07) is 0. The molecular weight excluding hydrogens is 296 g/mol. The Morgan fingerprint density at radius 1 is 1.35 bits per heavy atom. The zero-order valence-electron chi connectivity index (χ0n) is 14.0. The van der Waals surface area contributed by atoms with Crippen LogP contribution in [-0.2, 0) is 24.4 Å². The lowest BCUT2D eigenvalue weighted by molar-refractivity contribution is 0.0635. The van der Waals surface area contributed by atoms with Gasteiger partial charge in [-0.25, -0.2) is 4.79 Å². The average Bonchev–Trinajstić information content (AvgIpc) is 3.06. The predicted octanol–water partition coefficient (Wildman–Crippen LogP) is 2.26. The Bertz CT molecular complexity index is 640. The van der Waals surface area contributed by atoms with Gasteiger partial charge in [0.2, 0.25) is 0 Å². The van der Waals surface area contributed by atoms with Crippen molar-refractivity contribution < 1.29 is 9.53 Å². The van der Waals surface area contributed by atoms with Crippen LogP contribution in [0.25, 0.3) is 0 Å². The molecule has 0 fully saturated rings. The molecule has 2 rings (SSSR count). The average molecular weight is 320 g/mol. The van der Waals surface area contributed by atoms with E-state index in [0.717, 1.165) is 17.7 Å². The summed E-state index contributed by atoms with van der Waals surface area (Å²) >= 11 is 0. The van der Waals surface area contributed by atoms with Crippen molar-refractivity contribution in [3.63, 3.8) is 0 Å². The fraction of sp³-hybridized carbons (Fsp3) is 0.533. The number of anilines is 1. The standard InChI is InChI=1S/C15H24N6O2/c1-5-21-10-11(7-18-21)6-16-8-12-9-17-20-13(12)19-14(22)23-15(2,3)4/h7,9-10,16H,5-6,8H2,1-4H3,(H2,17,19,20,22). The van der Waals surface area contributed by atoms with E-state index in [1.54, 1.807) is 6.20 Å². The SMILES string of the molecule is CCn1cc(CNCc2cn[nH]c2NC(=O)OC(C)(C)C)cn1. The molecule has 0 unspecified atom stereocenters. The van der Waals surface area contributed by atoms with Gasteiger partial charge in [0, 0.05) is 37.0 Å². The minimum Gasteiger partial charge on any atom is -0.444 e. The number of aryl methyl sites for hydroxylation is 1. The van der Waals surface area contributed by atoms with Crippen molar-refractivity contribution in [3.8, 4) is 0 Å². The quantitative estimate of drug-likeness (QED) is 0.758. The van der Waals surface area contributed by atoms with Gasteiger partial charge in [-0.1, -0.05) is 0 Å². The summed E-state index contributed by atoms with van der Waals surface area (Å²) in [6.07, 6.45) is 5.01. The molecule has 2 aromatic heterocycles. The summed E-state index contributed by atoms with van der Waals surface area (Å²) in [5.41, 5.74) is 1.43. The highest BCUT2D eigenvalue weighted by atomic mass is 16.6. The first-order valence-corrected chi connectivity index (χ1v) is 7.61. The van der Waals surface area contributed by atoms with E-state index in [9.17, 15) is 4.79 Å². The molecule has 8 nitrogen and oxygen atoms in total. The largest absolute Gasteiger partial charge is 0.444 e. The molecule has 3 N–H and O–H groups in total. The van der Waals surface area contributed by atoms with E-state index in [2.05, 4.69) is 25.9 Å². The number of carbonyl (C=O) groups is 1. The van der Waals surface area contributed by atoms with E-state index in [1.807, 2.05) is 44.8 Å². The maximum atomic E-state index is 11.8. The number of rotatable bonds is 6. The Balaban J connectivity index is 1.84. The highest BCUT2D eigenvalue weighted by Crippen LogP contribution is 2.14. The van der Waals surface area contributed by atoms with Crippen LogP contribution in [0.4, 0.5) is 10.6 Å². The van der Waals surface area contributed by atoms with Gasteiger partial charge in [0.05, 0.1) is 12.4 Å². The third-order valence-electron chi connectivity index (χ3n) is 3.00. The number of H-pyrrole nitrogens is 1. The summed E-state index contributed by atoms with van der Waals surface area (Å²) in [4.78, 5) is 11.8. The van der Waals surface area contributed by atoms with E-state index in [-0.39, 0.29) is 0 Å². The van der Waals surface area contributed by atoms with Crippen LogP contribution in [0.3, 0.4) is 0 Å². The summed E-state index contributed by atoms with van der Waals surface area (Å²) in [6.45, 7) is 9.61. The number of ether oxygens (including phenoxy) is 1. The minimum absolute atomic E-state index is 0.507. The Morgan fingerprint density at radius 2 is 2.13 bits per heavy atom. The molecule has 0 aromatic carbocycles. The van der Waals surface area contributed by atoms with E-state index >= 15 is 0 Å². The van der Waals surface area contributed by atoms with Gasteiger partial charge >= 0.3 is 6.09 Å². The molecule has 0 spiro atoms. The van der Waals surface area contributed by atoms with Crippen molar-refractivity contribution in [2.75, 3.05) is 5.32 Å². The third kappa shape index (κ3) is 5.41. The molecule has 0 saturated carbocycles. The lowest BCUT2D eigenvalue weighted by atomic mass is 10.2. The second kappa shape index (κ2) is 7.28. The molecule has 23 heavy (non-hydrogen) atoms. The van der Waals surface area contributed by atoms with Crippen molar-refractivity contribution in [2.45, 2.75) is 52.9 Å². The van der Waals surface area contributed by atoms with Gasteiger partial charge in [-0.15, -0.1) is 0 Å². The van der Waals surface area contributed by atoms with Crippen LogP contribution >= 0.6 is 0 Å². The van der Waals surface area contributed by atoms with E-state index in [1.165, 1.54) is 0 Å². The minimum atomic E-state index is -0.540. The number of aromatic amines is 1. The van der Waals surface area contributed by atoms with Gasteiger partial charge in [0.25, 0.3) is 0 Å². The molecule has 1 amide bonds. The van der Waals surface area contributed by atoms with Gasteiger partial charge in [0.15, 0.2) is 0 Å². The van der Waals surface area contributed by atoms with Crippen LogP contribution < -0.4 is 10.6 Å². The molecule has 2 heterocycles. The smallest absolute Gasteiger partial charge is 0.413 e. The van der Waals surface area contributed by atoms with E-state index in [0.29, 0.717) is 18.9 Å². The van der Waals surface area contributed by atoms with Crippen molar-refractivity contribution >= 4 is 11.9 Å². The first-order valence-electron chi connectivity index (χ1n) is 7.61. The second-order valence-electron chi connectivity index (χ2n) is 6.20. The van der Waals surface area contributed by atoms with Crippen LogP contribution in [-0.4, -0.2) is 31.7 Å². The molecule has 2 aromatic rings. The summed E-state index contributed by atoms with van der Waals surface area (Å²) in [5.74, 6) is 0.538. The molecule has 8 heteroatoms. The number of nitrogens with one attached hydrogen (secondary N) is 3. The molecule has 126 valence electrons. The molecule has 0 bridgehead atoms. The van der Waals surface area contributed by atoms with Gasteiger partial charge in [0.1, 0.15) is 11.4 Å². The Labute approximate surface area is 135 Å². The first-order chi connectivity index (χ1) is 10.9. The summed E-state index contributed by atoms with van der Waals surface area (Å²) in [7, 11) is 0. The summed E-state index contributed by atoms with van der Waals surface area (Å²) < 4.78 is 7.10. The number of carbonyl (C=O) groups excluding carboxylic acids is 1. The number of hydrogen-bond donors (Lipinski definition) is 3. The Hall–Kier alpha value is -2.35. The topological polar surface area (TPSA) is 96.9 Å². The van der Waals surface area contributed by atoms with Crippen LogP contribution in [0.15, 0.2) is 18.6 Å². The van der Waals surface area contributed by atoms with Gasteiger partial charge in [-0.2, -0.15) is 10.2 Å². The molecule has 0 radical (unpaired) electrons. The van der Waals surface area contributed by atoms with E-state index in [4.69, 9.17) is 4.74 Å². The first kappa shape index (κ1) is 17.0. The number of amides is 1. The maximum Gasteiger partial charge on any atom is 0.413 e. The van der Waals surface area contributed by atoms with Gasteiger partial charge < -0.3 is 10.1 Å². The van der Waals surface area contributed by atoms with Crippen LogP contribution in [0.5, 0.6) is 0 Å². The molecule has 0 aliphatic rings. The van der Waals surface area contributed by atoms with Crippen molar-refractivity contribution in [1.29, 1.82) is 0 Å². The van der Waals surface area contributed by atoms with Gasteiger partial charge in [-0.05, 0) is 27.7 Å². The molecular formula is C15H24N6O2. The molecule has 0 atom stereocenters. The second-order valence-corrected chi connectivity index (χ2v) is 6.20. The lowest BCUT2D eigenvalue weighted by Gasteiger charge is -2.19. The molecule has 0 aliphatic carbocycles. The monoisotopic (exact) mass is 320 g/mol. The van der Waals surface area contributed by atoms with Crippen molar-refractivity contribution in [2.24, 2.45) is 0 Å². The van der Waals surface area contributed by atoms with Gasteiger partial charge in [-0.3, -0.25) is 15.1 Å². The maximum absolute atomic E-state index is 11.8. The normalized spacial score (nSPS) is 11.5. The molecule has 0 aliphatic heterocycles.